The summed E-state index contributed by atoms with van der Waals surface area (Å²) in [5.74, 6) is 4.56. The molecule has 84 valence electrons. The fraction of sp³-hybridized carbons (Fsp3) is 0.100. The predicted octanol–water partition coefficient (Wildman–Crippen LogP) is 2.51. The van der Waals surface area contributed by atoms with Crippen LogP contribution in [0.15, 0.2) is 30.3 Å². The Bertz CT molecular complexity index is 525. The Morgan fingerprint density at radius 1 is 1.19 bits per heavy atom. The van der Waals surface area contributed by atoms with Crippen molar-refractivity contribution >= 4 is 10.9 Å². The van der Waals surface area contributed by atoms with E-state index in [1.807, 2.05) is 0 Å². The SMILES string of the molecule is NOc1cc(C(F)(F)F)c2ccccc2n1. The maximum absolute atomic E-state index is 12.7. The van der Waals surface area contributed by atoms with Crippen molar-refractivity contribution in [3.05, 3.63) is 35.9 Å². The lowest BCUT2D eigenvalue weighted by atomic mass is 10.1. The average molecular weight is 228 g/mol. The third kappa shape index (κ3) is 1.79. The molecule has 0 unspecified atom stereocenters. The van der Waals surface area contributed by atoms with Crippen LogP contribution < -0.4 is 10.7 Å². The van der Waals surface area contributed by atoms with Gasteiger partial charge in [0.1, 0.15) is 0 Å². The minimum atomic E-state index is -4.46. The molecule has 0 saturated carbocycles. The van der Waals surface area contributed by atoms with Gasteiger partial charge in [0.15, 0.2) is 0 Å². The van der Waals surface area contributed by atoms with Gasteiger partial charge in [-0.1, -0.05) is 18.2 Å². The Hall–Kier alpha value is -1.82. The van der Waals surface area contributed by atoms with Gasteiger partial charge < -0.3 is 4.84 Å². The Labute approximate surface area is 88.6 Å². The molecule has 2 rings (SSSR count). The van der Waals surface area contributed by atoms with Crippen molar-refractivity contribution < 1.29 is 18.0 Å². The van der Waals surface area contributed by atoms with Crippen molar-refractivity contribution in [1.29, 1.82) is 0 Å². The zero-order chi connectivity index (χ0) is 11.8. The summed E-state index contributed by atoms with van der Waals surface area (Å²) >= 11 is 0. The Morgan fingerprint density at radius 3 is 2.50 bits per heavy atom. The summed E-state index contributed by atoms with van der Waals surface area (Å²) in [6.45, 7) is 0. The standard InChI is InChI=1S/C10H7F3N2O/c11-10(12,13)7-5-9(16-14)15-8-4-2-1-3-6(7)8/h1-5H,14H2. The lowest BCUT2D eigenvalue weighted by Crippen LogP contribution is -2.10. The Morgan fingerprint density at radius 2 is 1.88 bits per heavy atom. The highest BCUT2D eigenvalue weighted by atomic mass is 19.4. The van der Waals surface area contributed by atoms with Gasteiger partial charge in [0.2, 0.25) is 5.88 Å². The summed E-state index contributed by atoms with van der Waals surface area (Å²) in [4.78, 5) is 8.07. The number of fused-ring (bicyclic) bond motifs is 1. The summed E-state index contributed by atoms with van der Waals surface area (Å²) in [5.41, 5.74) is -0.615. The molecular formula is C10H7F3N2O. The molecule has 0 fully saturated rings. The van der Waals surface area contributed by atoms with Crippen LogP contribution in [0.5, 0.6) is 5.88 Å². The van der Waals surface area contributed by atoms with Gasteiger partial charge in [0, 0.05) is 11.5 Å². The molecule has 0 bridgehead atoms. The summed E-state index contributed by atoms with van der Waals surface area (Å²) < 4.78 is 38.1. The molecule has 2 N–H and O–H groups in total. The third-order valence-electron chi connectivity index (χ3n) is 2.12. The Kier molecular flexibility index (Phi) is 2.43. The first-order chi connectivity index (χ1) is 7.52. The summed E-state index contributed by atoms with van der Waals surface area (Å²) in [7, 11) is 0. The van der Waals surface area contributed by atoms with Crippen LogP contribution in [-0.2, 0) is 6.18 Å². The van der Waals surface area contributed by atoms with Crippen molar-refractivity contribution in [1.82, 2.24) is 4.98 Å². The number of pyridine rings is 1. The van der Waals surface area contributed by atoms with E-state index in [0.717, 1.165) is 6.07 Å². The molecule has 1 aromatic carbocycles. The van der Waals surface area contributed by atoms with Crippen LogP contribution in [0.1, 0.15) is 5.56 Å². The normalized spacial score (nSPS) is 11.8. The van der Waals surface area contributed by atoms with E-state index in [9.17, 15) is 13.2 Å². The van der Waals surface area contributed by atoms with Crippen molar-refractivity contribution in [3.8, 4) is 5.88 Å². The number of hydrogen-bond donors (Lipinski definition) is 1. The minimum absolute atomic E-state index is 0.0239. The first-order valence-corrected chi connectivity index (χ1v) is 4.36. The van der Waals surface area contributed by atoms with E-state index in [4.69, 9.17) is 5.90 Å². The lowest BCUT2D eigenvalue weighted by Gasteiger charge is -2.11. The fourth-order valence-electron chi connectivity index (χ4n) is 1.45. The van der Waals surface area contributed by atoms with Crippen LogP contribution >= 0.6 is 0 Å². The zero-order valence-corrected chi connectivity index (χ0v) is 7.95. The number of halogens is 3. The van der Waals surface area contributed by atoms with Gasteiger partial charge in [0.05, 0.1) is 11.1 Å². The van der Waals surface area contributed by atoms with Crippen LogP contribution in [0.25, 0.3) is 10.9 Å². The molecule has 0 saturated heterocycles. The monoisotopic (exact) mass is 228 g/mol. The molecule has 0 aliphatic heterocycles. The number of nitrogens with two attached hydrogens (primary N) is 1. The van der Waals surface area contributed by atoms with E-state index in [1.165, 1.54) is 18.2 Å². The molecule has 16 heavy (non-hydrogen) atoms. The largest absolute Gasteiger partial charge is 0.417 e. The van der Waals surface area contributed by atoms with Gasteiger partial charge in [-0.15, -0.1) is 0 Å². The van der Waals surface area contributed by atoms with E-state index >= 15 is 0 Å². The van der Waals surface area contributed by atoms with E-state index in [2.05, 4.69) is 9.82 Å². The number of benzene rings is 1. The molecule has 0 spiro atoms. The second kappa shape index (κ2) is 3.64. The highest BCUT2D eigenvalue weighted by Crippen LogP contribution is 2.35. The van der Waals surface area contributed by atoms with Crippen molar-refractivity contribution in [2.75, 3.05) is 0 Å². The van der Waals surface area contributed by atoms with E-state index in [0.29, 0.717) is 0 Å². The Balaban J connectivity index is 2.79. The van der Waals surface area contributed by atoms with Crippen LogP contribution in [-0.4, -0.2) is 4.98 Å². The van der Waals surface area contributed by atoms with Gasteiger partial charge in [-0.2, -0.15) is 19.1 Å². The number of rotatable bonds is 1. The predicted molar refractivity (Wildman–Crippen MR) is 51.6 cm³/mol. The molecule has 2 aromatic rings. The molecular weight excluding hydrogens is 221 g/mol. The number of alkyl halides is 3. The minimum Gasteiger partial charge on any atom is -0.391 e. The first kappa shape index (κ1) is 10.7. The molecule has 0 aliphatic rings. The quantitative estimate of drug-likeness (QED) is 0.763. The zero-order valence-electron chi connectivity index (χ0n) is 7.95. The summed E-state index contributed by atoms with van der Waals surface area (Å²) in [6.07, 6.45) is -4.46. The second-order valence-corrected chi connectivity index (χ2v) is 3.14. The van der Waals surface area contributed by atoms with Gasteiger partial charge in [-0.25, -0.2) is 4.98 Å². The van der Waals surface area contributed by atoms with Gasteiger partial charge in [-0.05, 0) is 6.07 Å². The number of nitrogens with zero attached hydrogens (tertiary/aromatic N) is 1. The van der Waals surface area contributed by atoms with Crippen molar-refractivity contribution in [2.45, 2.75) is 6.18 Å². The topological polar surface area (TPSA) is 48.1 Å². The van der Waals surface area contributed by atoms with Crippen LogP contribution in [0.3, 0.4) is 0 Å². The van der Waals surface area contributed by atoms with Gasteiger partial charge in [0.25, 0.3) is 0 Å². The molecule has 1 heterocycles. The van der Waals surface area contributed by atoms with Crippen LogP contribution in [0.2, 0.25) is 0 Å². The highest BCUT2D eigenvalue weighted by molar-refractivity contribution is 5.83. The molecule has 0 aliphatic carbocycles. The molecule has 0 amide bonds. The second-order valence-electron chi connectivity index (χ2n) is 3.14. The van der Waals surface area contributed by atoms with Crippen LogP contribution in [0, 0.1) is 0 Å². The van der Waals surface area contributed by atoms with Gasteiger partial charge >= 0.3 is 6.18 Å². The highest BCUT2D eigenvalue weighted by Gasteiger charge is 2.33. The number of aromatic nitrogens is 1. The lowest BCUT2D eigenvalue weighted by molar-refractivity contribution is -0.136. The van der Waals surface area contributed by atoms with E-state index in [1.54, 1.807) is 6.07 Å². The number of para-hydroxylation sites is 1. The summed E-state index contributed by atoms with van der Waals surface area (Å²) in [5, 5.41) is 0.0239. The summed E-state index contributed by atoms with van der Waals surface area (Å²) in [6, 6.07) is 6.71. The van der Waals surface area contributed by atoms with Crippen molar-refractivity contribution in [2.24, 2.45) is 5.90 Å². The fourth-order valence-corrected chi connectivity index (χ4v) is 1.45. The maximum atomic E-state index is 12.7. The molecule has 1 aromatic heterocycles. The maximum Gasteiger partial charge on any atom is 0.417 e. The van der Waals surface area contributed by atoms with E-state index in [-0.39, 0.29) is 16.8 Å². The first-order valence-electron chi connectivity index (χ1n) is 4.36. The average Bonchev–Trinajstić information content (AvgIpc) is 2.26. The van der Waals surface area contributed by atoms with Gasteiger partial charge in [-0.3, -0.25) is 0 Å². The molecule has 3 nitrogen and oxygen atoms in total. The smallest absolute Gasteiger partial charge is 0.391 e. The molecule has 6 heteroatoms. The third-order valence-corrected chi connectivity index (χ3v) is 2.12. The molecule has 0 radical (unpaired) electrons. The van der Waals surface area contributed by atoms with Crippen molar-refractivity contribution in [3.63, 3.8) is 0 Å². The molecule has 0 atom stereocenters. The number of hydrogen-bond acceptors (Lipinski definition) is 3. The van der Waals surface area contributed by atoms with E-state index < -0.39 is 11.7 Å². The van der Waals surface area contributed by atoms with Crippen LogP contribution in [0.4, 0.5) is 13.2 Å².